The molecule has 0 aliphatic rings. The molecule has 64 valence electrons. The predicted octanol–water partition coefficient (Wildman–Crippen LogP) is 1.77. The molecule has 2 aromatic heterocycles. The Hall–Kier alpha value is -1.60. The van der Waals surface area contributed by atoms with Gasteiger partial charge in [-0.25, -0.2) is 0 Å². The lowest BCUT2D eigenvalue weighted by atomic mass is 10.2. The fourth-order valence-electron chi connectivity index (χ4n) is 1.22. The van der Waals surface area contributed by atoms with Gasteiger partial charge in [0.2, 0.25) is 5.43 Å². The lowest BCUT2D eigenvalue weighted by molar-refractivity contribution is 1.37. The molecule has 2 aromatic rings. The number of rotatable bonds is 0. The van der Waals surface area contributed by atoms with Crippen molar-refractivity contribution in [2.45, 2.75) is 6.92 Å². The zero-order valence-corrected chi connectivity index (χ0v) is 7.73. The Kier molecular flexibility index (Phi) is 1.67. The highest BCUT2D eigenvalue weighted by Crippen LogP contribution is 2.19. The molecular weight excluding hydrogens is 184 g/mol. The van der Waals surface area contributed by atoms with Crippen LogP contribution in [0.3, 0.4) is 0 Å². The fraction of sp³-hybridized carbons (Fsp3) is 0.111. The third-order valence-electron chi connectivity index (χ3n) is 1.81. The van der Waals surface area contributed by atoms with Gasteiger partial charge in [0, 0.05) is 11.1 Å². The minimum Gasteiger partial charge on any atom is -0.351 e. The van der Waals surface area contributed by atoms with E-state index >= 15 is 0 Å². The van der Waals surface area contributed by atoms with Gasteiger partial charge in [-0.2, -0.15) is 5.26 Å². The van der Waals surface area contributed by atoms with Crippen LogP contribution in [0.4, 0.5) is 0 Å². The summed E-state index contributed by atoms with van der Waals surface area (Å²) in [6.07, 6.45) is 1.46. The maximum atomic E-state index is 11.5. The molecule has 0 aliphatic carbocycles. The highest BCUT2D eigenvalue weighted by atomic mass is 32.1. The van der Waals surface area contributed by atoms with Crippen LogP contribution in [0.2, 0.25) is 0 Å². The van der Waals surface area contributed by atoms with Gasteiger partial charge in [-0.3, -0.25) is 4.79 Å². The molecule has 0 bridgehead atoms. The molecule has 0 atom stereocenters. The van der Waals surface area contributed by atoms with Crippen LogP contribution < -0.4 is 5.43 Å². The fourth-order valence-corrected chi connectivity index (χ4v) is 2.10. The second kappa shape index (κ2) is 2.71. The molecule has 3 nitrogen and oxygen atoms in total. The first-order valence-electron chi connectivity index (χ1n) is 3.74. The Morgan fingerprint density at radius 1 is 1.62 bits per heavy atom. The van der Waals surface area contributed by atoms with Crippen LogP contribution in [0.5, 0.6) is 0 Å². The first-order chi connectivity index (χ1) is 6.22. The minimum atomic E-state index is -0.180. The van der Waals surface area contributed by atoms with E-state index in [2.05, 4.69) is 4.98 Å². The van der Waals surface area contributed by atoms with Crippen molar-refractivity contribution in [3.05, 3.63) is 32.9 Å². The number of aromatic nitrogens is 1. The molecule has 0 unspecified atom stereocenters. The summed E-state index contributed by atoms with van der Waals surface area (Å²) in [6, 6.07) is 3.66. The average molecular weight is 190 g/mol. The molecule has 13 heavy (non-hydrogen) atoms. The first kappa shape index (κ1) is 8.02. The monoisotopic (exact) mass is 190 g/mol. The normalized spacial score (nSPS) is 10.2. The summed E-state index contributed by atoms with van der Waals surface area (Å²) >= 11 is 1.52. The number of aromatic amines is 1. The van der Waals surface area contributed by atoms with Crippen LogP contribution in [0.25, 0.3) is 10.2 Å². The third kappa shape index (κ3) is 1.14. The second-order valence-corrected chi connectivity index (χ2v) is 4.00. The van der Waals surface area contributed by atoms with E-state index in [4.69, 9.17) is 5.26 Å². The van der Waals surface area contributed by atoms with Crippen molar-refractivity contribution < 1.29 is 0 Å². The molecule has 0 aliphatic heterocycles. The van der Waals surface area contributed by atoms with Crippen molar-refractivity contribution in [1.82, 2.24) is 4.98 Å². The van der Waals surface area contributed by atoms with E-state index in [9.17, 15) is 4.79 Å². The number of hydrogen-bond acceptors (Lipinski definition) is 3. The molecule has 1 N–H and O–H groups in total. The van der Waals surface area contributed by atoms with Crippen molar-refractivity contribution >= 4 is 21.6 Å². The van der Waals surface area contributed by atoms with Crippen LogP contribution in [0.1, 0.15) is 10.4 Å². The van der Waals surface area contributed by atoms with E-state index < -0.39 is 0 Å². The Balaban J connectivity index is 2.96. The van der Waals surface area contributed by atoms with Crippen molar-refractivity contribution in [2.75, 3.05) is 0 Å². The summed E-state index contributed by atoms with van der Waals surface area (Å²) in [5, 5.41) is 9.23. The maximum Gasteiger partial charge on any atom is 0.208 e. The number of aryl methyl sites for hydroxylation is 1. The molecule has 2 rings (SSSR count). The minimum absolute atomic E-state index is 0.172. The zero-order chi connectivity index (χ0) is 9.42. The lowest BCUT2D eigenvalue weighted by Crippen LogP contribution is -2.04. The predicted molar refractivity (Wildman–Crippen MR) is 51.9 cm³/mol. The molecule has 0 saturated heterocycles. The average Bonchev–Trinajstić information content (AvgIpc) is 2.47. The van der Waals surface area contributed by atoms with Crippen LogP contribution in [-0.2, 0) is 0 Å². The number of nitriles is 1. The molecule has 0 spiro atoms. The molecule has 0 fully saturated rings. The van der Waals surface area contributed by atoms with Crippen LogP contribution in [0, 0.1) is 18.3 Å². The Morgan fingerprint density at radius 3 is 3.08 bits per heavy atom. The number of hydrogen-bond donors (Lipinski definition) is 1. The largest absolute Gasteiger partial charge is 0.351 e. The number of H-pyrrole nitrogens is 1. The summed E-state index contributed by atoms with van der Waals surface area (Å²) in [7, 11) is 0. The standard InChI is InChI=1S/C9H6N2OS/c1-5-2-7-8(12)6(3-10)4-11-9(7)13-5/h2,4H,1H3,(H,11,12). The zero-order valence-electron chi connectivity index (χ0n) is 6.92. The second-order valence-electron chi connectivity index (χ2n) is 2.74. The van der Waals surface area contributed by atoms with Crippen molar-refractivity contribution in [2.24, 2.45) is 0 Å². The number of pyridine rings is 1. The van der Waals surface area contributed by atoms with E-state index in [0.29, 0.717) is 5.39 Å². The van der Waals surface area contributed by atoms with Crippen molar-refractivity contribution in [3.8, 4) is 6.07 Å². The van der Waals surface area contributed by atoms with Crippen molar-refractivity contribution in [1.29, 1.82) is 5.26 Å². The molecule has 0 aromatic carbocycles. The smallest absolute Gasteiger partial charge is 0.208 e. The van der Waals surface area contributed by atoms with E-state index in [-0.39, 0.29) is 11.0 Å². The maximum absolute atomic E-state index is 11.5. The Morgan fingerprint density at radius 2 is 2.38 bits per heavy atom. The topological polar surface area (TPSA) is 56.6 Å². The van der Waals surface area contributed by atoms with Gasteiger partial charge in [0.25, 0.3) is 0 Å². The van der Waals surface area contributed by atoms with Crippen LogP contribution in [0.15, 0.2) is 17.1 Å². The summed E-state index contributed by atoms with van der Waals surface area (Å²) in [5.74, 6) is 0. The molecular formula is C9H6N2OS. The van der Waals surface area contributed by atoms with Crippen molar-refractivity contribution in [3.63, 3.8) is 0 Å². The quantitative estimate of drug-likeness (QED) is 0.688. The number of thiophene rings is 1. The highest BCUT2D eigenvalue weighted by Gasteiger charge is 2.06. The Bertz CT molecular complexity index is 559. The summed E-state index contributed by atoms with van der Waals surface area (Å²) in [5.41, 5.74) is -0.00843. The van der Waals surface area contributed by atoms with Gasteiger partial charge in [-0.15, -0.1) is 11.3 Å². The van der Waals surface area contributed by atoms with Gasteiger partial charge < -0.3 is 4.98 Å². The summed E-state index contributed by atoms with van der Waals surface area (Å²) in [6.45, 7) is 1.93. The van der Waals surface area contributed by atoms with Crippen LogP contribution >= 0.6 is 11.3 Å². The van der Waals surface area contributed by atoms with Gasteiger partial charge >= 0.3 is 0 Å². The van der Waals surface area contributed by atoms with E-state index in [0.717, 1.165) is 9.71 Å². The number of nitrogens with one attached hydrogen (secondary N) is 1. The molecule has 4 heteroatoms. The van der Waals surface area contributed by atoms with Gasteiger partial charge in [0.1, 0.15) is 16.5 Å². The number of nitrogens with zero attached hydrogens (tertiary/aromatic N) is 1. The van der Waals surface area contributed by atoms with E-state index in [1.54, 1.807) is 6.07 Å². The highest BCUT2D eigenvalue weighted by molar-refractivity contribution is 7.18. The molecule has 0 radical (unpaired) electrons. The summed E-state index contributed by atoms with van der Waals surface area (Å²) < 4.78 is 0. The lowest BCUT2D eigenvalue weighted by Gasteiger charge is -1.88. The van der Waals surface area contributed by atoms with Gasteiger partial charge in [0.15, 0.2) is 0 Å². The van der Waals surface area contributed by atoms with E-state index in [1.165, 1.54) is 17.5 Å². The third-order valence-corrected chi connectivity index (χ3v) is 2.79. The Labute approximate surface area is 78.3 Å². The number of fused-ring (bicyclic) bond motifs is 1. The first-order valence-corrected chi connectivity index (χ1v) is 4.56. The molecule has 0 amide bonds. The van der Waals surface area contributed by atoms with Gasteiger partial charge in [-0.1, -0.05) is 0 Å². The summed E-state index contributed by atoms with van der Waals surface area (Å²) in [4.78, 5) is 16.4. The van der Waals surface area contributed by atoms with Gasteiger partial charge in [-0.05, 0) is 13.0 Å². The van der Waals surface area contributed by atoms with Crippen LogP contribution in [-0.4, -0.2) is 4.98 Å². The van der Waals surface area contributed by atoms with E-state index in [1.807, 2.05) is 13.0 Å². The molecule has 2 heterocycles. The molecule has 0 saturated carbocycles. The van der Waals surface area contributed by atoms with Gasteiger partial charge in [0.05, 0.1) is 5.39 Å². The SMILES string of the molecule is Cc1cc2c(=O)c(C#N)c[nH]c2s1.